The van der Waals surface area contributed by atoms with Gasteiger partial charge in [-0.05, 0) is 42.0 Å². The average Bonchev–Trinajstić information content (AvgIpc) is 2.58. The number of rotatable bonds is 5. The molecule has 5 nitrogen and oxygen atoms in total. The molecule has 24 heavy (non-hydrogen) atoms. The Morgan fingerprint density at radius 3 is 2.46 bits per heavy atom. The molecule has 0 atom stereocenters. The SMILES string of the molecule is COc1ccc(NC(=S)NN=Cc2ccc(Cl)c(Cl)c2)cc1OC. The molecule has 0 aliphatic carbocycles. The van der Waals surface area contributed by atoms with Crippen LogP contribution in [0.1, 0.15) is 5.56 Å². The van der Waals surface area contributed by atoms with Gasteiger partial charge in [-0.1, -0.05) is 29.3 Å². The molecule has 2 rings (SSSR count). The van der Waals surface area contributed by atoms with Crippen LogP contribution in [0.3, 0.4) is 0 Å². The van der Waals surface area contributed by atoms with Crippen LogP contribution in [0.15, 0.2) is 41.5 Å². The second-order valence-corrected chi connectivity index (χ2v) is 5.79. The van der Waals surface area contributed by atoms with E-state index in [2.05, 4.69) is 15.8 Å². The molecular weight excluding hydrogens is 369 g/mol. The normalized spacial score (nSPS) is 10.5. The van der Waals surface area contributed by atoms with Gasteiger partial charge in [0, 0.05) is 11.8 Å². The van der Waals surface area contributed by atoms with Crippen LogP contribution >= 0.6 is 35.4 Å². The third-order valence-corrected chi connectivity index (χ3v) is 3.90. The van der Waals surface area contributed by atoms with Gasteiger partial charge in [0.05, 0.1) is 30.5 Å². The Labute approximate surface area is 155 Å². The van der Waals surface area contributed by atoms with Crippen LogP contribution in [0.25, 0.3) is 0 Å². The molecule has 0 radical (unpaired) electrons. The highest BCUT2D eigenvalue weighted by Gasteiger charge is 2.05. The van der Waals surface area contributed by atoms with Gasteiger partial charge in [-0.15, -0.1) is 0 Å². The van der Waals surface area contributed by atoms with E-state index in [0.29, 0.717) is 26.7 Å². The van der Waals surface area contributed by atoms with Gasteiger partial charge < -0.3 is 14.8 Å². The van der Waals surface area contributed by atoms with Gasteiger partial charge in [0.2, 0.25) is 0 Å². The van der Waals surface area contributed by atoms with Gasteiger partial charge in [-0.2, -0.15) is 5.10 Å². The van der Waals surface area contributed by atoms with Crippen molar-refractivity contribution in [3.8, 4) is 11.5 Å². The first kappa shape index (κ1) is 18.3. The lowest BCUT2D eigenvalue weighted by molar-refractivity contribution is 0.355. The van der Waals surface area contributed by atoms with Gasteiger partial charge in [-0.25, -0.2) is 0 Å². The summed E-state index contributed by atoms with van der Waals surface area (Å²) < 4.78 is 10.4. The van der Waals surface area contributed by atoms with Gasteiger partial charge in [0.25, 0.3) is 0 Å². The summed E-state index contributed by atoms with van der Waals surface area (Å²) >= 11 is 17.0. The third kappa shape index (κ3) is 4.99. The molecule has 126 valence electrons. The Bertz CT molecular complexity index is 769. The van der Waals surface area contributed by atoms with E-state index in [4.69, 9.17) is 44.9 Å². The molecule has 0 saturated heterocycles. The maximum atomic E-state index is 5.94. The predicted octanol–water partition coefficient (Wildman–Crippen LogP) is 4.33. The first-order chi connectivity index (χ1) is 11.5. The molecule has 0 aromatic heterocycles. The number of nitrogens with one attached hydrogen (secondary N) is 2. The molecule has 0 amide bonds. The summed E-state index contributed by atoms with van der Waals surface area (Å²) in [5.41, 5.74) is 4.26. The molecule has 2 N–H and O–H groups in total. The van der Waals surface area contributed by atoms with Crippen LogP contribution in [0.5, 0.6) is 11.5 Å². The van der Waals surface area contributed by atoms with Crippen LogP contribution < -0.4 is 20.2 Å². The zero-order valence-corrected chi connectivity index (χ0v) is 15.3. The lowest BCUT2D eigenvalue weighted by Crippen LogP contribution is -2.23. The van der Waals surface area contributed by atoms with E-state index in [1.165, 1.54) is 0 Å². The quantitative estimate of drug-likeness (QED) is 0.457. The molecule has 0 spiro atoms. The topological polar surface area (TPSA) is 54.9 Å². The highest BCUT2D eigenvalue weighted by molar-refractivity contribution is 7.80. The van der Waals surface area contributed by atoms with Gasteiger partial charge in [0.15, 0.2) is 16.6 Å². The van der Waals surface area contributed by atoms with E-state index in [1.807, 2.05) is 6.07 Å². The molecule has 0 bridgehead atoms. The van der Waals surface area contributed by atoms with Crippen LogP contribution in [-0.2, 0) is 0 Å². The molecule has 8 heteroatoms. The van der Waals surface area contributed by atoms with E-state index in [0.717, 1.165) is 11.3 Å². The lowest BCUT2D eigenvalue weighted by Gasteiger charge is -2.11. The molecular formula is C16H15Cl2N3O2S. The third-order valence-electron chi connectivity index (χ3n) is 2.96. The number of hydrogen-bond acceptors (Lipinski definition) is 4. The zero-order valence-electron chi connectivity index (χ0n) is 13.0. The fourth-order valence-electron chi connectivity index (χ4n) is 1.83. The number of methoxy groups -OCH3 is 2. The predicted molar refractivity (Wildman–Crippen MR) is 103 cm³/mol. The Balaban J connectivity index is 1.95. The Morgan fingerprint density at radius 1 is 1.04 bits per heavy atom. The van der Waals surface area contributed by atoms with Crippen molar-refractivity contribution in [3.05, 3.63) is 52.0 Å². The molecule has 0 aliphatic heterocycles. The van der Waals surface area contributed by atoms with Crippen LogP contribution in [-0.4, -0.2) is 25.5 Å². The van der Waals surface area contributed by atoms with Crippen molar-refractivity contribution in [1.82, 2.24) is 5.43 Å². The highest BCUT2D eigenvalue weighted by atomic mass is 35.5. The van der Waals surface area contributed by atoms with Crippen molar-refractivity contribution in [2.45, 2.75) is 0 Å². The Morgan fingerprint density at radius 2 is 1.79 bits per heavy atom. The molecule has 0 fully saturated rings. The minimum Gasteiger partial charge on any atom is -0.493 e. The molecule has 2 aromatic carbocycles. The van der Waals surface area contributed by atoms with E-state index >= 15 is 0 Å². The number of hydrazone groups is 1. The monoisotopic (exact) mass is 383 g/mol. The van der Waals surface area contributed by atoms with Crippen molar-refractivity contribution in [1.29, 1.82) is 0 Å². The van der Waals surface area contributed by atoms with Gasteiger partial charge >= 0.3 is 0 Å². The second-order valence-electron chi connectivity index (χ2n) is 4.57. The summed E-state index contributed by atoms with van der Waals surface area (Å²) in [6.07, 6.45) is 1.59. The minimum atomic E-state index is 0.332. The Hall–Kier alpha value is -2.02. The first-order valence-electron chi connectivity index (χ1n) is 6.80. The summed E-state index contributed by atoms with van der Waals surface area (Å²) in [6.45, 7) is 0. The van der Waals surface area contributed by atoms with Crippen molar-refractivity contribution < 1.29 is 9.47 Å². The zero-order chi connectivity index (χ0) is 17.5. The summed E-state index contributed by atoms with van der Waals surface area (Å²) in [7, 11) is 3.15. The fourth-order valence-corrected chi connectivity index (χ4v) is 2.31. The molecule has 0 saturated carbocycles. The molecule has 0 aliphatic rings. The number of benzene rings is 2. The maximum absolute atomic E-state index is 5.94. The second kappa shape index (κ2) is 8.73. The van der Waals surface area contributed by atoms with Crippen LogP contribution in [0.4, 0.5) is 5.69 Å². The number of hydrogen-bond donors (Lipinski definition) is 2. The molecule has 2 aromatic rings. The highest BCUT2D eigenvalue weighted by Crippen LogP contribution is 2.29. The van der Waals surface area contributed by atoms with E-state index < -0.39 is 0 Å². The maximum Gasteiger partial charge on any atom is 0.191 e. The van der Waals surface area contributed by atoms with E-state index in [9.17, 15) is 0 Å². The first-order valence-corrected chi connectivity index (χ1v) is 7.97. The van der Waals surface area contributed by atoms with Crippen LogP contribution in [0.2, 0.25) is 10.0 Å². The van der Waals surface area contributed by atoms with Crippen molar-refractivity contribution in [2.24, 2.45) is 5.10 Å². The number of ether oxygens (including phenoxy) is 2. The summed E-state index contributed by atoms with van der Waals surface area (Å²) in [4.78, 5) is 0. The minimum absolute atomic E-state index is 0.332. The largest absolute Gasteiger partial charge is 0.493 e. The van der Waals surface area contributed by atoms with E-state index in [-0.39, 0.29) is 0 Å². The number of anilines is 1. The summed E-state index contributed by atoms with van der Waals surface area (Å²) in [6, 6.07) is 10.6. The molecule has 0 unspecified atom stereocenters. The standard InChI is InChI=1S/C16H15Cl2N3O2S/c1-22-14-6-4-11(8-15(14)23-2)20-16(24)21-19-9-10-3-5-12(17)13(18)7-10/h3-9H,1-2H3,(H2,20,21,24). The summed E-state index contributed by atoms with van der Waals surface area (Å²) in [5, 5.41) is 8.34. The van der Waals surface area contributed by atoms with Gasteiger partial charge in [0.1, 0.15) is 0 Å². The van der Waals surface area contributed by atoms with Gasteiger partial charge in [-0.3, -0.25) is 5.43 Å². The fraction of sp³-hybridized carbons (Fsp3) is 0.125. The van der Waals surface area contributed by atoms with Crippen molar-refractivity contribution in [3.63, 3.8) is 0 Å². The van der Waals surface area contributed by atoms with E-state index in [1.54, 1.807) is 50.8 Å². The average molecular weight is 384 g/mol. The van der Waals surface area contributed by atoms with Crippen molar-refractivity contribution >= 4 is 52.4 Å². The van der Waals surface area contributed by atoms with Crippen molar-refractivity contribution in [2.75, 3.05) is 19.5 Å². The number of thiocarbonyl (C=S) groups is 1. The lowest BCUT2D eigenvalue weighted by atomic mass is 10.2. The number of halogens is 2. The molecule has 0 heterocycles. The smallest absolute Gasteiger partial charge is 0.191 e. The summed E-state index contributed by atoms with van der Waals surface area (Å²) in [5.74, 6) is 1.24. The Kier molecular flexibility index (Phi) is 6.66. The van der Waals surface area contributed by atoms with Crippen LogP contribution in [0, 0.1) is 0 Å². The number of nitrogens with zero attached hydrogens (tertiary/aromatic N) is 1.